The number of allylic oxidation sites excluding steroid dienone is 1. The van der Waals surface area contributed by atoms with Gasteiger partial charge < -0.3 is 9.52 Å². The Morgan fingerprint density at radius 1 is 1.23 bits per heavy atom. The number of nitrogens with one attached hydrogen (secondary N) is 3. The topological polar surface area (TPSA) is 101 Å². The number of rotatable bonds is 2. The Hall–Kier alpha value is -3.61. The molecule has 2 heterocycles. The van der Waals surface area contributed by atoms with Crippen molar-refractivity contribution in [2.45, 2.75) is 26.3 Å². The minimum atomic E-state index is -0.367. The zero-order valence-electron chi connectivity index (χ0n) is 16.8. The fourth-order valence-electron chi connectivity index (χ4n) is 4.29. The maximum absolute atomic E-state index is 13.1. The number of ketones is 1. The van der Waals surface area contributed by atoms with E-state index in [1.165, 1.54) is 0 Å². The van der Waals surface area contributed by atoms with Gasteiger partial charge in [0.2, 0.25) is 0 Å². The molecule has 4 N–H and O–H groups in total. The minimum absolute atomic E-state index is 0.159. The van der Waals surface area contributed by atoms with Gasteiger partial charge in [-0.25, -0.2) is 5.32 Å². The molecule has 2 atom stereocenters. The lowest BCUT2D eigenvalue weighted by molar-refractivity contribution is -0.522. The predicted molar refractivity (Wildman–Crippen MR) is 113 cm³/mol. The number of benzene rings is 2. The number of anilines is 1. The summed E-state index contributed by atoms with van der Waals surface area (Å²) in [5.74, 6) is 0.527. The average molecular weight is 403 g/mol. The first-order valence-electron chi connectivity index (χ1n) is 9.95. The molecule has 152 valence electrons. The van der Waals surface area contributed by atoms with Gasteiger partial charge in [0.1, 0.15) is 29.0 Å². The monoisotopic (exact) mass is 403 g/mol. The Kier molecular flexibility index (Phi) is 4.13. The van der Waals surface area contributed by atoms with Crippen LogP contribution in [0.1, 0.15) is 31.9 Å². The molecule has 1 aliphatic carbocycles. The quantitative estimate of drug-likeness (QED) is 0.524. The van der Waals surface area contributed by atoms with Crippen LogP contribution in [0.5, 0.6) is 5.75 Å². The molecule has 0 radical (unpaired) electrons. The van der Waals surface area contributed by atoms with E-state index in [0.29, 0.717) is 24.0 Å². The van der Waals surface area contributed by atoms with Gasteiger partial charge in [-0.1, -0.05) is 38.1 Å². The van der Waals surface area contributed by atoms with E-state index in [4.69, 9.17) is 4.42 Å². The smallest absolute Gasteiger partial charge is 0.365 e. The minimum Gasteiger partial charge on any atom is -0.508 e. The fraction of sp³-hybridized carbons (Fsp3) is 0.261. The van der Waals surface area contributed by atoms with Crippen LogP contribution in [0.2, 0.25) is 0 Å². The molecule has 7 heteroatoms. The molecule has 30 heavy (non-hydrogen) atoms. The second-order valence-electron chi connectivity index (χ2n) is 8.54. The van der Waals surface area contributed by atoms with Crippen molar-refractivity contribution >= 4 is 28.9 Å². The summed E-state index contributed by atoms with van der Waals surface area (Å²) in [5, 5.41) is 16.5. The molecule has 0 spiro atoms. The molecule has 1 aromatic heterocycles. The number of para-hydroxylation sites is 2. The molecule has 1 aliphatic heterocycles. The van der Waals surface area contributed by atoms with E-state index in [-0.39, 0.29) is 28.9 Å². The Labute approximate surface area is 173 Å². The highest BCUT2D eigenvalue weighted by atomic mass is 16.4. The number of hydrogen-bond acceptors (Lipinski definition) is 6. The van der Waals surface area contributed by atoms with Crippen molar-refractivity contribution in [3.05, 3.63) is 65.9 Å². The van der Waals surface area contributed by atoms with Crippen LogP contribution < -0.4 is 15.6 Å². The number of hydrogen-bond donors (Lipinski definition) is 4. The van der Waals surface area contributed by atoms with Gasteiger partial charge in [0.15, 0.2) is 5.58 Å². The van der Waals surface area contributed by atoms with Crippen LogP contribution in [0.3, 0.4) is 0 Å². The summed E-state index contributed by atoms with van der Waals surface area (Å²) >= 11 is 0. The van der Waals surface area contributed by atoms with Crippen molar-refractivity contribution in [2.24, 2.45) is 11.3 Å². The number of fused-ring (bicyclic) bond motifs is 2. The molecule has 0 fully saturated rings. The van der Waals surface area contributed by atoms with Gasteiger partial charge in [-0.3, -0.25) is 9.79 Å². The molecular weight excluding hydrogens is 380 g/mol. The normalized spacial score (nSPS) is 22.7. The third kappa shape index (κ3) is 3.32. The molecule has 7 nitrogen and oxygen atoms in total. The van der Waals surface area contributed by atoms with E-state index < -0.39 is 0 Å². The Morgan fingerprint density at radius 2 is 2.07 bits per heavy atom. The second kappa shape index (κ2) is 6.73. The number of oxazole rings is 1. The first kappa shape index (κ1) is 18.4. The molecule has 0 bridgehead atoms. The number of aromatic hydroxyl groups is 1. The number of Topliss-reactive ketones (excluding diaryl/α,β-unsaturated/α-hetero) is 1. The zero-order valence-corrected chi connectivity index (χ0v) is 16.8. The molecule has 3 aromatic rings. The van der Waals surface area contributed by atoms with Gasteiger partial charge in [0, 0.05) is 6.42 Å². The number of carbonyl (C=O) groups excluding carboxylic acids is 1. The molecule has 5 rings (SSSR count). The highest BCUT2D eigenvalue weighted by Crippen LogP contribution is 2.38. The second-order valence-corrected chi connectivity index (χ2v) is 8.54. The lowest BCUT2D eigenvalue weighted by Crippen LogP contribution is -2.84. The molecule has 2 aromatic carbocycles. The van der Waals surface area contributed by atoms with E-state index in [1.807, 2.05) is 30.3 Å². The summed E-state index contributed by atoms with van der Waals surface area (Å²) < 4.78 is 5.78. The van der Waals surface area contributed by atoms with Crippen molar-refractivity contribution < 1.29 is 19.3 Å². The summed E-state index contributed by atoms with van der Waals surface area (Å²) in [5.41, 5.74) is 2.87. The largest absolute Gasteiger partial charge is 0.508 e. The van der Waals surface area contributed by atoms with E-state index in [9.17, 15) is 9.90 Å². The predicted octanol–water partition coefficient (Wildman–Crippen LogP) is 2.23. The van der Waals surface area contributed by atoms with Crippen molar-refractivity contribution in [3.8, 4) is 5.75 Å². The number of nitrogens with zero attached hydrogens (tertiary/aromatic N) is 1. The van der Waals surface area contributed by atoms with E-state index in [1.54, 1.807) is 18.2 Å². The van der Waals surface area contributed by atoms with Gasteiger partial charge in [-0.15, -0.1) is 0 Å². The van der Waals surface area contributed by atoms with Crippen LogP contribution in [0.25, 0.3) is 11.1 Å². The molecule has 2 aliphatic rings. The number of guanidine groups is 1. The van der Waals surface area contributed by atoms with Crippen LogP contribution in [-0.4, -0.2) is 21.8 Å². The number of carbonyl (C=O) groups is 1. The first-order valence-corrected chi connectivity index (χ1v) is 9.95. The van der Waals surface area contributed by atoms with Crippen LogP contribution in [-0.2, 0) is 4.79 Å². The number of aromatic nitrogens is 1. The third-order valence-corrected chi connectivity index (χ3v) is 5.52. The van der Waals surface area contributed by atoms with Crippen LogP contribution in [0, 0.1) is 11.3 Å². The number of phenolic OH excluding ortho intramolecular Hbond substituents is 1. The van der Waals surface area contributed by atoms with E-state index >= 15 is 0 Å². The highest BCUT2D eigenvalue weighted by Gasteiger charge is 2.45. The maximum atomic E-state index is 13.1. The third-order valence-electron chi connectivity index (χ3n) is 5.52. The summed E-state index contributed by atoms with van der Waals surface area (Å²) in [7, 11) is 0. The lowest BCUT2D eigenvalue weighted by Gasteiger charge is -2.36. The van der Waals surface area contributed by atoms with E-state index in [2.05, 4.69) is 40.5 Å². The van der Waals surface area contributed by atoms with Crippen LogP contribution >= 0.6 is 0 Å². The van der Waals surface area contributed by atoms with Crippen molar-refractivity contribution in [2.75, 3.05) is 5.32 Å². The maximum Gasteiger partial charge on any atom is 0.365 e. The molecule has 0 unspecified atom stereocenters. The Bertz CT molecular complexity index is 1170. The van der Waals surface area contributed by atoms with Gasteiger partial charge >= 0.3 is 12.0 Å². The van der Waals surface area contributed by atoms with Gasteiger partial charge in [-0.2, -0.15) is 10.3 Å². The standard InChI is InChI=1S/C23H22N4O3/c1-23(2)11-16-19(17(29)12-23)20(13-6-5-7-14(28)10-13)26-21(24-16)27-22-25-15-8-3-4-9-18(15)30-22/h3-11,19-20,28H,12H2,1-2H3,(H2,24,25,26,27)/p+1/t19-,20-/m1/s1. The van der Waals surface area contributed by atoms with Gasteiger partial charge in [0.05, 0.1) is 5.70 Å². The SMILES string of the molecule is CC1(C)C=C2NC(Nc3nc4ccccc4o3)=[NH+][C@H](c3cccc(O)c3)[C@H]2C(=O)C1. The Balaban J connectivity index is 1.56. The molecule has 0 amide bonds. The van der Waals surface area contributed by atoms with Crippen LogP contribution in [0.15, 0.2) is 64.7 Å². The molecule has 0 saturated heterocycles. The zero-order chi connectivity index (χ0) is 20.9. The molecule has 0 saturated carbocycles. The Morgan fingerprint density at radius 3 is 2.87 bits per heavy atom. The van der Waals surface area contributed by atoms with Crippen molar-refractivity contribution in [3.63, 3.8) is 0 Å². The summed E-state index contributed by atoms with van der Waals surface area (Å²) in [6.07, 6.45) is 2.58. The highest BCUT2D eigenvalue weighted by molar-refractivity contribution is 5.94. The first-order chi connectivity index (χ1) is 14.4. The summed E-state index contributed by atoms with van der Waals surface area (Å²) in [4.78, 5) is 20.9. The van der Waals surface area contributed by atoms with Crippen molar-refractivity contribution in [1.29, 1.82) is 0 Å². The summed E-state index contributed by atoms with van der Waals surface area (Å²) in [6, 6.07) is 14.5. The average Bonchev–Trinajstić information content (AvgIpc) is 3.08. The van der Waals surface area contributed by atoms with E-state index in [0.717, 1.165) is 16.8 Å². The lowest BCUT2D eigenvalue weighted by atomic mass is 9.72. The van der Waals surface area contributed by atoms with Gasteiger partial charge in [0.25, 0.3) is 0 Å². The van der Waals surface area contributed by atoms with Crippen molar-refractivity contribution in [1.82, 2.24) is 10.3 Å². The van der Waals surface area contributed by atoms with Gasteiger partial charge in [-0.05, 0) is 41.3 Å². The molecular formula is C23H23N4O3+. The number of phenols is 1. The fourth-order valence-corrected chi connectivity index (χ4v) is 4.29. The van der Waals surface area contributed by atoms with Crippen LogP contribution in [0.4, 0.5) is 6.01 Å². The summed E-state index contributed by atoms with van der Waals surface area (Å²) in [6.45, 7) is 4.10.